The number of anilines is 1. The van der Waals surface area contributed by atoms with Gasteiger partial charge in [0.15, 0.2) is 11.5 Å². The molecule has 5 rings (SSSR count). The van der Waals surface area contributed by atoms with Crippen LogP contribution in [0.3, 0.4) is 0 Å². The Morgan fingerprint density at radius 1 is 1.11 bits per heavy atom. The summed E-state index contributed by atoms with van der Waals surface area (Å²) in [5.74, 6) is -0.0402. The number of nitrogens with zero attached hydrogens (tertiary/aromatic N) is 4. The van der Waals surface area contributed by atoms with E-state index >= 15 is 0 Å². The van der Waals surface area contributed by atoms with E-state index in [2.05, 4.69) is 61.9 Å². The molecule has 11 heteroatoms. The van der Waals surface area contributed by atoms with Gasteiger partial charge >= 0.3 is 8.56 Å². The Kier molecular flexibility index (Phi) is 6.03. The maximum Gasteiger partial charge on any atom is 0.349 e. The van der Waals surface area contributed by atoms with Crippen molar-refractivity contribution in [2.45, 2.75) is 76.0 Å². The zero-order valence-corrected chi connectivity index (χ0v) is 22.4. The fourth-order valence-corrected chi connectivity index (χ4v) is 10.5. The van der Waals surface area contributed by atoms with Crippen molar-refractivity contribution in [2.24, 2.45) is 0 Å². The van der Waals surface area contributed by atoms with Gasteiger partial charge in [-0.3, -0.25) is 4.79 Å². The van der Waals surface area contributed by atoms with Gasteiger partial charge in [0.2, 0.25) is 0 Å². The Balaban J connectivity index is 1.43. The van der Waals surface area contributed by atoms with Crippen LogP contribution in [0.4, 0.5) is 5.82 Å². The van der Waals surface area contributed by atoms with Crippen molar-refractivity contribution in [1.82, 2.24) is 19.6 Å². The number of aliphatic hydroxyl groups excluding tert-OH is 1. The van der Waals surface area contributed by atoms with E-state index in [-0.39, 0.29) is 21.8 Å². The highest BCUT2D eigenvalue weighted by molar-refractivity contribution is 6.73. The Labute approximate surface area is 211 Å². The van der Waals surface area contributed by atoms with Gasteiger partial charge in [0, 0.05) is 15.6 Å². The van der Waals surface area contributed by atoms with Gasteiger partial charge in [0.05, 0.1) is 18.5 Å². The highest BCUT2D eigenvalue weighted by atomic mass is 28.4. The van der Waals surface area contributed by atoms with Crippen LogP contribution in [-0.4, -0.2) is 64.1 Å². The summed E-state index contributed by atoms with van der Waals surface area (Å²) in [6.07, 6.45) is 0.318. The molecule has 4 atom stereocenters. The fourth-order valence-electron chi connectivity index (χ4n) is 5.49. The van der Waals surface area contributed by atoms with Crippen LogP contribution >= 0.6 is 0 Å². The summed E-state index contributed by atoms with van der Waals surface area (Å²) in [6.45, 7) is 13.2. The monoisotopic (exact) mass is 511 g/mol. The molecule has 2 aliphatic rings. The highest BCUT2D eigenvalue weighted by Gasteiger charge is 2.65. The number of nitrogens with one attached hydrogen (secondary N) is 1. The minimum atomic E-state index is -2.78. The average molecular weight is 512 g/mol. The number of hydrogen-bond acceptors (Lipinski definition) is 8. The molecule has 36 heavy (non-hydrogen) atoms. The van der Waals surface area contributed by atoms with Crippen molar-refractivity contribution in [3.8, 4) is 0 Å². The smallest absolute Gasteiger partial charge is 0.349 e. The maximum absolute atomic E-state index is 12.7. The lowest BCUT2D eigenvalue weighted by molar-refractivity contribution is -0.0725. The molecular weight excluding hydrogens is 478 g/mol. The van der Waals surface area contributed by atoms with E-state index in [1.165, 1.54) is 10.8 Å². The summed E-state index contributed by atoms with van der Waals surface area (Å²) in [5, 5.41) is 18.1. The number of aromatic nitrogens is 4. The van der Waals surface area contributed by atoms with Crippen LogP contribution in [0.25, 0.3) is 5.65 Å². The molecule has 1 amide bonds. The van der Waals surface area contributed by atoms with Crippen molar-refractivity contribution in [3.05, 3.63) is 54.1 Å². The molecule has 0 saturated carbocycles. The van der Waals surface area contributed by atoms with Gasteiger partial charge in [-0.05, 0) is 12.1 Å². The molecular formula is C25H33N5O5Si. The highest BCUT2D eigenvalue weighted by Crippen LogP contribution is 2.56. The maximum atomic E-state index is 12.7. The quantitative estimate of drug-likeness (QED) is 0.512. The molecule has 4 heterocycles. The van der Waals surface area contributed by atoms with E-state index in [9.17, 15) is 9.90 Å². The molecule has 0 radical (unpaired) electrons. The number of fused-ring (bicyclic) bond motifs is 2. The van der Waals surface area contributed by atoms with Crippen molar-refractivity contribution in [2.75, 3.05) is 11.9 Å². The van der Waals surface area contributed by atoms with E-state index in [1.54, 1.807) is 30.5 Å². The normalized spacial score (nSPS) is 26.1. The van der Waals surface area contributed by atoms with Crippen LogP contribution in [0.15, 0.2) is 42.9 Å². The first kappa shape index (κ1) is 25.0. The van der Waals surface area contributed by atoms with Crippen molar-refractivity contribution < 1.29 is 23.5 Å². The largest absolute Gasteiger partial charge is 0.391 e. The minimum absolute atomic E-state index is 0.212. The Morgan fingerprint density at radius 2 is 1.81 bits per heavy atom. The topological polar surface area (TPSA) is 120 Å². The third-order valence-corrected chi connectivity index (χ3v) is 12.1. The van der Waals surface area contributed by atoms with Crippen molar-refractivity contribution in [3.63, 3.8) is 0 Å². The van der Waals surface area contributed by atoms with Gasteiger partial charge in [-0.25, -0.2) is 14.5 Å². The van der Waals surface area contributed by atoms with E-state index in [1.807, 2.05) is 6.07 Å². The molecule has 192 valence electrons. The number of amides is 1. The number of ether oxygens (including phenoxy) is 1. The number of carbonyl (C=O) groups excluding carboxylic acids is 1. The lowest BCUT2D eigenvalue weighted by atomic mass is 10.1. The first-order chi connectivity index (χ1) is 16.9. The number of aliphatic hydroxyl groups is 1. The van der Waals surface area contributed by atoms with Gasteiger partial charge in [-0.2, -0.15) is 5.10 Å². The van der Waals surface area contributed by atoms with Crippen LogP contribution in [0.2, 0.25) is 10.1 Å². The van der Waals surface area contributed by atoms with Crippen LogP contribution < -0.4 is 5.32 Å². The number of carbonyl (C=O) groups is 1. The fraction of sp³-hybridized carbons (Fsp3) is 0.520. The Hall–Kier alpha value is -2.70. The van der Waals surface area contributed by atoms with Crippen LogP contribution in [-0.2, 0) is 13.6 Å². The molecule has 1 unspecified atom stereocenters. The summed E-state index contributed by atoms with van der Waals surface area (Å²) >= 11 is 0. The molecule has 1 aromatic carbocycles. The number of hydrogen-bond donors (Lipinski definition) is 2. The van der Waals surface area contributed by atoms with E-state index < -0.39 is 33.0 Å². The second-order valence-electron chi connectivity index (χ2n) is 11.4. The average Bonchev–Trinajstić information content (AvgIpc) is 3.39. The molecule has 3 aromatic rings. The minimum Gasteiger partial charge on any atom is -0.391 e. The summed E-state index contributed by atoms with van der Waals surface area (Å²) in [7, 11) is -2.78. The molecule has 10 nitrogen and oxygen atoms in total. The molecule has 2 fully saturated rings. The molecule has 0 bridgehead atoms. The zero-order chi connectivity index (χ0) is 25.9. The first-order valence-electron chi connectivity index (χ1n) is 12.1. The molecule has 2 aromatic heterocycles. The SMILES string of the molecule is CC(C)(C)[Si]1(C(C)(C)C)OC[C@H]2O[C@@H](c3cnc4c(NC(=O)c5ccccc5)ncnn34)C(O)[C@H]2O1. The lowest BCUT2D eigenvalue weighted by Crippen LogP contribution is -2.65. The molecule has 0 aliphatic carbocycles. The number of rotatable bonds is 3. The first-order valence-corrected chi connectivity index (χ1v) is 13.9. The summed E-state index contributed by atoms with van der Waals surface area (Å²) < 4.78 is 21.0. The van der Waals surface area contributed by atoms with Crippen molar-refractivity contribution in [1.29, 1.82) is 0 Å². The standard InChI is InChI=1S/C25H33N5O5Si/c1-24(2,3)36(25(4,5)6)33-13-17-20(35-36)18(31)19(34-17)16-12-26-22-21(27-14-28-30(16)22)29-23(32)15-10-8-7-9-11-15/h7-12,14,17-20,31H,13H2,1-6H3,(H,27,28,29,32)/t17-,18?,19+,20+/m1/s1. The van der Waals surface area contributed by atoms with Gasteiger partial charge in [-0.1, -0.05) is 59.7 Å². The van der Waals surface area contributed by atoms with E-state index in [0.29, 0.717) is 23.5 Å². The lowest BCUT2D eigenvalue weighted by Gasteiger charge is -2.53. The predicted octanol–water partition coefficient (Wildman–Crippen LogP) is 3.64. The summed E-state index contributed by atoms with van der Waals surface area (Å²) in [5.41, 5.74) is 1.40. The van der Waals surface area contributed by atoms with Crippen LogP contribution in [0.5, 0.6) is 0 Å². The van der Waals surface area contributed by atoms with Crippen LogP contribution in [0.1, 0.15) is 63.7 Å². The Morgan fingerprint density at radius 3 is 2.47 bits per heavy atom. The van der Waals surface area contributed by atoms with E-state index in [4.69, 9.17) is 13.6 Å². The predicted molar refractivity (Wildman–Crippen MR) is 135 cm³/mol. The second kappa shape index (κ2) is 8.70. The molecule has 2 saturated heterocycles. The van der Waals surface area contributed by atoms with Crippen molar-refractivity contribution >= 4 is 25.9 Å². The molecule has 2 aliphatic heterocycles. The second-order valence-corrected chi connectivity index (χ2v) is 16.2. The molecule has 2 N–H and O–H groups in total. The zero-order valence-electron chi connectivity index (χ0n) is 21.4. The van der Waals surface area contributed by atoms with Gasteiger partial charge in [0.1, 0.15) is 30.7 Å². The third-order valence-electron chi connectivity index (χ3n) is 6.95. The number of benzene rings is 1. The van der Waals surface area contributed by atoms with Crippen LogP contribution in [0, 0.1) is 0 Å². The van der Waals surface area contributed by atoms with E-state index in [0.717, 1.165) is 0 Å². The summed E-state index contributed by atoms with van der Waals surface area (Å²) in [6, 6.07) is 8.86. The molecule has 0 spiro atoms. The summed E-state index contributed by atoms with van der Waals surface area (Å²) in [4.78, 5) is 21.3. The van der Waals surface area contributed by atoms with Gasteiger partial charge < -0.3 is 24.0 Å². The van der Waals surface area contributed by atoms with Gasteiger partial charge in [-0.15, -0.1) is 0 Å². The Bertz CT molecular complexity index is 1260. The number of imidazole rings is 1. The third kappa shape index (κ3) is 3.95. The van der Waals surface area contributed by atoms with Gasteiger partial charge in [0.25, 0.3) is 5.91 Å².